The standard InChI is InChI=1S/C24H27N3O3/c1-24(2,14-16-26-30)23(29)25-15-13-22(28)27-17-20-9-4-3-7-18(20)11-12-19-8-5-6-10-21(19)27/h3-12H,13-17H2,1-2H3,(H,25,29)/b12-11-. The first-order valence-electron chi connectivity index (χ1n) is 10.2. The van der Waals surface area contributed by atoms with Crippen LogP contribution in [0.2, 0.25) is 0 Å². The van der Waals surface area contributed by atoms with E-state index in [0.717, 1.165) is 22.4 Å². The minimum Gasteiger partial charge on any atom is -0.355 e. The van der Waals surface area contributed by atoms with Crippen molar-refractivity contribution in [3.05, 3.63) is 70.1 Å². The van der Waals surface area contributed by atoms with E-state index in [1.54, 1.807) is 18.7 Å². The summed E-state index contributed by atoms with van der Waals surface area (Å²) in [6.45, 7) is 4.35. The van der Waals surface area contributed by atoms with Crippen molar-refractivity contribution in [2.75, 3.05) is 18.0 Å². The number of nitrogens with zero attached hydrogens (tertiary/aromatic N) is 2. The molecule has 0 aromatic heterocycles. The highest BCUT2D eigenvalue weighted by Gasteiger charge is 2.27. The molecule has 0 saturated carbocycles. The molecule has 1 N–H and O–H groups in total. The zero-order valence-corrected chi connectivity index (χ0v) is 17.4. The predicted molar refractivity (Wildman–Crippen MR) is 120 cm³/mol. The van der Waals surface area contributed by atoms with Gasteiger partial charge in [0.25, 0.3) is 0 Å². The SMILES string of the molecule is CC(C)(CCN=O)C(=O)NCCC(=O)N1Cc2ccccc2/C=C\c2ccccc21. The summed E-state index contributed by atoms with van der Waals surface area (Å²) in [5.41, 5.74) is 3.30. The molecule has 0 saturated heterocycles. The Labute approximate surface area is 176 Å². The minimum absolute atomic E-state index is 0.0554. The Morgan fingerprint density at radius 2 is 1.70 bits per heavy atom. The van der Waals surface area contributed by atoms with Crippen LogP contribution in [-0.2, 0) is 16.1 Å². The maximum absolute atomic E-state index is 13.1. The lowest BCUT2D eigenvalue weighted by Crippen LogP contribution is -2.40. The zero-order valence-electron chi connectivity index (χ0n) is 17.4. The average molecular weight is 405 g/mol. The van der Waals surface area contributed by atoms with Crippen LogP contribution in [-0.4, -0.2) is 24.9 Å². The number of rotatable bonds is 7. The van der Waals surface area contributed by atoms with Crippen LogP contribution in [0.3, 0.4) is 0 Å². The van der Waals surface area contributed by atoms with Crippen molar-refractivity contribution in [1.82, 2.24) is 5.32 Å². The van der Waals surface area contributed by atoms with Crippen LogP contribution in [0.15, 0.2) is 53.7 Å². The average Bonchev–Trinajstić information content (AvgIpc) is 2.73. The van der Waals surface area contributed by atoms with Crippen molar-refractivity contribution >= 4 is 29.7 Å². The van der Waals surface area contributed by atoms with Gasteiger partial charge in [0.15, 0.2) is 0 Å². The minimum atomic E-state index is -0.701. The molecule has 3 rings (SSSR count). The number of amides is 2. The molecule has 0 radical (unpaired) electrons. The molecule has 2 amide bonds. The van der Waals surface area contributed by atoms with Crippen molar-refractivity contribution in [1.29, 1.82) is 0 Å². The molecular formula is C24H27N3O3. The summed E-state index contributed by atoms with van der Waals surface area (Å²) in [4.78, 5) is 37.7. The first kappa shape index (κ1) is 21.4. The van der Waals surface area contributed by atoms with Gasteiger partial charge in [-0.2, -0.15) is 4.91 Å². The lowest BCUT2D eigenvalue weighted by Gasteiger charge is -2.27. The molecule has 30 heavy (non-hydrogen) atoms. The highest BCUT2D eigenvalue weighted by atomic mass is 16.3. The molecule has 0 atom stereocenters. The van der Waals surface area contributed by atoms with Gasteiger partial charge in [-0.1, -0.05) is 73.6 Å². The molecule has 0 unspecified atom stereocenters. The third-order valence-corrected chi connectivity index (χ3v) is 5.42. The largest absolute Gasteiger partial charge is 0.355 e. The van der Waals surface area contributed by atoms with Gasteiger partial charge in [-0.3, -0.25) is 9.59 Å². The number of para-hydroxylation sites is 1. The van der Waals surface area contributed by atoms with Crippen LogP contribution < -0.4 is 10.2 Å². The van der Waals surface area contributed by atoms with E-state index < -0.39 is 5.41 Å². The van der Waals surface area contributed by atoms with Gasteiger partial charge in [-0.25, -0.2) is 0 Å². The molecule has 0 fully saturated rings. The number of carbonyl (C=O) groups excluding carboxylic acids is 2. The lowest BCUT2D eigenvalue weighted by molar-refractivity contribution is -0.129. The maximum Gasteiger partial charge on any atom is 0.229 e. The van der Waals surface area contributed by atoms with Gasteiger partial charge in [0.1, 0.15) is 0 Å². The van der Waals surface area contributed by atoms with Crippen LogP contribution >= 0.6 is 0 Å². The quantitative estimate of drug-likeness (QED) is 0.694. The smallest absolute Gasteiger partial charge is 0.229 e. The maximum atomic E-state index is 13.1. The summed E-state index contributed by atoms with van der Waals surface area (Å²) < 4.78 is 0. The zero-order chi connectivity index (χ0) is 21.6. The van der Waals surface area contributed by atoms with Crippen molar-refractivity contribution in [3.8, 4) is 0 Å². The van der Waals surface area contributed by atoms with Gasteiger partial charge >= 0.3 is 0 Å². The molecule has 6 heteroatoms. The summed E-state index contributed by atoms with van der Waals surface area (Å²) in [6.07, 6.45) is 4.66. The Bertz CT molecular complexity index is 966. The van der Waals surface area contributed by atoms with Crippen LogP contribution in [0.25, 0.3) is 12.2 Å². The Kier molecular flexibility index (Phi) is 6.77. The van der Waals surface area contributed by atoms with E-state index in [0.29, 0.717) is 13.0 Å². The highest BCUT2D eigenvalue weighted by molar-refractivity contribution is 5.97. The van der Waals surface area contributed by atoms with Gasteiger partial charge in [-0.15, -0.1) is 0 Å². The molecule has 0 bridgehead atoms. The number of hydrogen-bond acceptors (Lipinski definition) is 4. The monoisotopic (exact) mass is 405 g/mol. The number of carbonyl (C=O) groups is 2. The number of nitroso groups, excluding NO2 is 1. The molecule has 1 aliphatic rings. The van der Waals surface area contributed by atoms with E-state index in [1.165, 1.54) is 0 Å². The first-order valence-corrected chi connectivity index (χ1v) is 10.2. The Morgan fingerprint density at radius 1 is 1.03 bits per heavy atom. The fourth-order valence-electron chi connectivity index (χ4n) is 3.47. The fraction of sp³-hybridized carbons (Fsp3) is 0.333. The summed E-state index contributed by atoms with van der Waals surface area (Å²) in [7, 11) is 0. The number of hydrogen-bond donors (Lipinski definition) is 1. The van der Waals surface area contributed by atoms with E-state index in [1.807, 2.05) is 54.6 Å². The van der Waals surface area contributed by atoms with Crippen molar-refractivity contribution < 1.29 is 9.59 Å². The number of nitrogens with one attached hydrogen (secondary N) is 1. The second-order valence-electron chi connectivity index (χ2n) is 8.06. The summed E-state index contributed by atoms with van der Waals surface area (Å²) >= 11 is 0. The Hall–Kier alpha value is -3.28. The second kappa shape index (κ2) is 9.48. The van der Waals surface area contributed by atoms with E-state index in [2.05, 4.69) is 16.6 Å². The number of anilines is 1. The summed E-state index contributed by atoms with van der Waals surface area (Å²) in [6, 6.07) is 15.8. The topological polar surface area (TPSA) is 78.8 Å². The molecule has 2 aromatic carbocycles. The van der Waals surface area contributed by atoms with Gasteiger partial charge < -0.3 is 10.2 Å². The van der Waals surface area contributed by atoms with E-state index >= 15 is 0 Å². The van der Waals surface area contributed by atoms with Gasteiger partial charge in [0, 0.05) is 18.4 Å². The molecular weight excluding hydrogens is 378 g/mol. The predicted octanol–water partition coefficient (Wildman–Crippen LogP) is 4.39. The second-order valence-corrected chi connectivity index (χ2v) is 8.06. The normalized spacial score (nSPS) is 14.0. The first-order chi connectivity index (χ1) is 14.4. The molecule has 1 aliphatic heterocycles. The van der Waals surface area contributed by atoms with Gasteiger partial charge in [-0.05, 0) is 29.2 Å². The summed E-state index contributed by atoms with van der Waals surface area (Å²) in [5, 5.41) is 5.66. The molecule has 156 valence electrons. The molecule has 0 aliphatic carbocycles. The molecule has 1 heterocycles. The van der Waals surface area contributed by atoms with Gasteiger partial charge in [0.05, 0.1) is 18.8 Å². The van der Waals surface area contributed by atoms with E-state index in [9.17, 15) is 14.5 Å². The number of fused-ring (bicyclic) bond motifs is 2. The third-order valence-electron chi connectivity index (χ3n) is 5.42. The molecule has 6 nitrogen and oxygen atoms in total. The van der Waals surface area contributed by atoms with Gasteiger partial charge in [0.2, 0.25) is 11.8 Å². The lowest BCUT2D eigenvalue weighted by atomic mass is 9.88. The Balaban J connectivity index is 1.73. The third kappa shape index (κ3) is 5.00. The van der Waals surface area contributed by atoms with Crippen LogP contribution in [0.5, 0.6) is 0 Å². The number of benzene rings is 2. The van der Waals surface area contributed by atoms with E-state index in [4.69, 9.17) is 0 Å². The summed E-state index contributed by atoms with van der Waals surface area (Å²) in [5.74, 6) is -0.236. The van der Waals surface area contributed by atoms with Crippen molar-refractivity contribution in [2.24, 2.45) is 10.6 Å². The van der Waals surface area contributed by atoms with Crippen molar-refractivity contribution in [3.63, 3.8) is 0 Å². The van der Waals surface area contributed by atoms with Crippen LogP contribution in [0.1, 0.15) is 43.4 Å². The van der Waals surface area contributed by atoms with E-state index in [-0.39, 0.29) is 31.3 Å². The fourth-order valence-corrected chi connectivity index (χ4v) is 3.47. The van der Waals surface area contributed by atoms with Crippen molar-refractivity contribution in [2.45, 2.75) is 33.2 Å². The van der Waals surface area contributed by atoms with Crippen LogP contribution in [0, 0.1) is 10.3 Å². The highest BCUT2D eigenvalue weighted by Crippen LogP contribution is 2.29. The van der Waals surface area contributed by atoms with Crippen LogP contribution in [0.4, 0.5) is 5.69 Å². The molecule has 2 aromatic rings. The molecule has 0 spiro atoms. The Morgan fingerprint density at radius 3 is 2.47 bits per heavy atom.